The first kappa shape index (κ1) is 25.9. The predicted octanol–water partition coefficient (Wildman–Crippen LogP) is 1.21. The van der Waals surface area contributed by atoms with Gasteiger partial charge in [0.2, 0.25) is 11.0 Å². The number of benzene rings is 1. The molecule has 1 aromatic rings. The van der Waals surface area contributed by atoms with Crippen LogP contribution >= 0.6 is 0 Å². The van der Waals surface area contributed by atoms with E-state index in [9.17, 15) is 27.6 Å². The Kier molecular flexibility index (Phi) is 7.24. The molecule has 10 nitrogen and oxygen atoms in total. The molecule has 3 aliphatic heterocycles. The summed E-state index contributed by atoms with van der Waals surface area (Å²) in [7, 11) is -4.29. The van der Waals surface area contributed by atoms with Gasteiger partial charge in [0, 0.05) is 24.7 Å². The van der Waals surface area contributed by atoms with Crippen LogP contribution in [0.1, 0.15) is 49.0 Å². The Hall–Kier alpha value is -3.18. The normalized spacial score (nSPS) is 23.1. The number of aliphatic imine (C=N–C) groups is 1. The summed E-state index contributed by atoms with van der Waals surface area (Å²) in [6, 6.07) is 4.37. The third-order valence-corrected chi connectivity index (χ3v) is 8.52. The second-order valence-electron chi connectivity index (χ2n) is 9.82. The topological polar surface area (TPSA) is 133 Å². The zero-order valence-electron chi connectivity index (χ0n) is 20.5. The Labute approximate surface area is 210 Å². The summed E-state index contributed by atoms with van der Waals surface area (Å²) in [6.45, 7) is 5.50. The van der Waals surface area contributed by atoms with Gasteiger partial charge in [-0.1, -0.05) is 37.6 Å². The standard InChI is InChI=1S/C25H30N4O6S/c1-15(2)13-18(27-23(32)17-8-6-16(3)7-9-17)25(33)28-12-10-19-22(28)21(31)14-29(19)36(34,35)24-20(30)5-4-11-26-24/h4,6-9,11,15,18-19,22H,5,10,12-14H2,1-3H3,(H,27,32). The maximum Gasteiger partial charge on any atom is 0.264 e. The van der Waals surface area contributed by atoms with E-state index < -0.39 is 63.1 Å². The minimum atomic E-state index is -4.29. The average Bonchev–Trinajstić information content (AvgIpc) is 3.40. The molecular weight excluding hydrogens is 484 g/mol. The van der Waals surface area contributed by atoms with E-state index in [1.165, 1.54) is 17.2 Å². The Morgan fingerprint density at radius 2 is 1.86 bits per heavy atom. The van der Waals surface area contributed by atoms with Gasteiger partial charge in [0.05, 0.1) is 12.6 Å². The number of hydrogen-bond acceptors (Lipinski definition) is 7. The van der Waals surface area contributed by atoms with E-state index in [-0.39, 0.29) is 25.3 Å². The van der Waals surface area contributed by atoms with Gasteiger partial charge in [-0.25, -0.2) is 13.4 Å². The monoisotopic (exact) mass is 514 g/mol. The fourth-order valence-electron chi connectivity index (χ4n) is 4.94. The number of carbonyl (C=O) groups excluding carboxylic acids is 4. The minimum Gasteiger partial charge on any atom is -0.340 e. The number of nitrogens with zero attached hydrogens (tertiary/aromatic N) is 3. The highest BCUT2D eigenvalue weighted by molar-refractivity contribution is 8.06. The molecule has 0 spiro atoms. The molecule has 11 heteroatoms. The molecule has 1 N–H and O–H groups in total. The van der Waals surface area contributed by atoms with Crippen molar-refractivity contribution in [2.45, 2.75) is 58.2 Å². The molecule has 0 aliphatic carbocycles. The maximum absolute atomic E-state index is 13.6. The summed E-state index contributed by atoms with van der Waals surface area (Å²) in [6.07, 6.45) is 3.27. The van der Waals surface area contributed by atoms with Crippen LogP contribution in [0.5, 0.6) is 0 Å². The van der Waals surface area contributed by atoms with Gasteiger partial charge in [-0.2, -0.15) is 4.31 Å². The number of fused-ring (bicyclic) bond motifs is 1. The van der Waals surface area contributed by atoms with Gasteiger partial charge in [0.1, 0.15) is 12.1 Å². The van der Waals surface area contributed by atoms with Crippen LogP contribution < -0.4 is 5.32 Å². The molecule has 0 saturated carbocycles. The molecule has 3 heterocycles. The van der Waals surface area contributed by atoms with Crippen molar-refractivity contribution in [1.82, 2.24) is 14.5 Å². The first-order valence-electron chi connectivity index (χ1n) is 12.0. The quantitative estimate of drug-likeness (QED) is 0.607. The van der Waals surface area contributed by atoms with E-state index in [0.717, 1.165) is 9.87 Å². The predicted molar refractivity (Wildman–Crippen MR) is 133 cm³/mol. The lowest BCUT2D eigenvalue weighted by atomic mass is 10.0. The van der Waals surface area contributed by atoms with E-state index in [2.05, 4.69) is 10.3 Å². The summed E-state index contributed by atoms with van der Waals surface area (Å²) < 4.78 is 27.4. The van der Waals surface area contributed by atoms with Crippen LogP contribution in [0.15, 0.2) is 41.5 Å². The van der Waals surface area contributed by atoms with E-state index in [4.69, 9.17) is 0 Å². The number of ketones is 2. The summed E-state index contributed by atoms with van der Waals surface area (Å²) in [4.78, 5) is 56.8. The van der Waals surface area contributed by atoms with Gasteiger partial charge in [-0.3, -0.25) is 19.2 Å². The van der Waals surface area contributed by atoms with E-state index in [1.54, 1.807) is 12.1 Å². The first-order chi connectivity index (χ1) is 17.0. The second-order valence-corrected chi connectivity index (χ2v) is 11.6. The van der Waals surface area contributed by atoms with Crippen LogP contribution in [0.4, 0.5) is 0 Å². The van der Waals surface area contributed by atoms with Crippen LogP contribution in [-0.2, 0) is 24.4 Å². The summed E-state index contributed by atoms with van der Waals surface area (Å²) in [5.74, 6) is -1.78. The molecule has 192 valence electrons. The molecule has 0 radical (unpaired) electrons. The number of amides is 2. The van der Waals surface area contributed by atoms with Crippen LogP contribution in [-0.4, -0.2) is 77.3 Å². The summed E-state index contributed by atoms with van der Waals surface area (Å²) >= 11 is 0. The molecule has 2 saturated heterocycles. The lowest BCUT2D eigenvalue weighted by molar-refractivity contribution is -0.138. The largest absolute Gasteiger partial charge is 0.340 e. The molecule has 4 rings (SSSR count). The second kappa shape index (κ2) is 10.1. The van der Waals surface area contributed by atoms with Crippen molar-refractivity contribution in [1.29, 1.82) is 0 Å². The lowest BCUT2D eigenvalue weighted by Crippen LogP contribution is -2.53. The summed E-state index contributed by atoms with van der Waals surface area (Å²) in [5.41, 5.74) is 1.42. The SMILES string of the molecule is Cc1ccc(C(=O)NC(CC(C)C)C(=O)N2CCC3C2C(=O)CN3S(=O)(=O)C2=NC=CCC2=O)cc1. The number of nitrogens with one attached hydrogen (secondary N) is 1. The molecular formula is C25H30N4O6S. The number of carbonyl (C=O) groups is 4. The number of Topliss-reactive ketones (excluding diaryl/α,β-unsaturated/α-hetero) is 2. The first-order valence-corrected chi connectivity index (χ1v) is 13.4. The van der Waals surface area contributed by atoms with Crippen molar-refractivity contribution in [3.63, 3.8) is 0 Å². The fourth-order valence-corrected chi connectivity index (χ4v) is 6.60. The molecule has 0 bridgehead atoms. The Bertz CT molecular complexity index is 1250. The minimum absolute atomic E-state index is 0.0733. The third-order valence-electron chi connectivity index (χ3n) is 6.68. The highest BCUT2D eigenvalue weighted by Crippen LogP contribution is 2.33. The van der Waals surface area contributed by atoms with Gasteiger partial charge < -0.3 is 10.2 Å². The van der Waals surface area contributed by atoms with Crippen LogP contribution in [0.25, 0.3) is 0 Å². The Balaban J connectivity index is 1.55. The number of allylic oxidation sites excluding steroid dienone is 1. The van der Waals surface area contributed by atoms with E-state index in [0.29, 0.717) is 12.0 Å². The zero-order valence-corrected chi connectivity index (χ0v) is 21.3. The number of sulfonamides is 1. The van der Waals surface area contributed by atoms with Crippen molar-refractivity contribution in [2.24, 2.45) is 10.9 Å². The molecule has 3 aliphatic rings. The van der Waals surface area contributed by atoms with Crippen molar-refractivity contribution >= 4 is 38.4 Å². The number of hydrogen-bond donors (Lipinski definition) is 1. The van der Waals surface area contributed by atoms with Crippen LogP contribution in [0, 0.1) is 12.8 Å². The van der Waals surface area contributed by atoms with Gasteiger partial charge in [-0.15, -0.1) is 0 Å². The van der Waals surface area contributed by atoms with E-state index >= 15 is 0 Å². The number of likely N-dealkylation sites (tertiary alicyclic amines) is 1. The average molecular weight is 515 g/mol. The smallest absolute Gasteiger partial charge is 0.264 e. The molecule has 36 heavy (non-hydrogen) atoms. The van der Waals surface area contributed by atoms with Gasteiger partial charge in [0.25, 0.3) is 15.9 Å². The van der Waals surface area contributed by atoms with E-state index in [1.807, 2.05) is 32.9 Å². The van der Waals surface area contributed by atoms with Crippen LogP contribution in [0.2, 0.25) is 0 Å². The highest BCUT2D eigenvalue weighted by Gasteiger charge is 2.55. The van der Waals surface area contributed by atoms with Gasteiger partial charge >= 0.3 is 0 Å². The molecule has 1 aromatic carbocycles. The van der Waals surface area contributed by atoms with Gasteiger partial charge in [-0.05, 0) is 37.8 Å². The molecule has 2 amide bonds. The van der Waals surface area contributed by atoms with Crippen molar-refractivity contribution in [2.75, 3.05) is 13.1 Å². The van der Waals surface area contributed by atoms with Crippen LogP contribution in [0.3, 0.4) is 0 Å². The summed E-state index contributed by atoms with van der Waals surface area (Å²) in [5, 5.41) is 2.23. The molecule has 3 unspecified atom stereocenters. The number of rotatable bonds is 6. The lowest BCUT2D eigenvalue weighted by Gasteiger charge is -2.29. The highest BCUT2D eigenvalue weighted by atomic mass is 32.2. The Morgan fingerprint density at radius 3 is 2.50 bits per heavy atom. The zero-order chi connectivity index (χ0) is 26.2. The van der Waals surface area contributed by atoms with Crippen molar-refractivity contribution in [3.05, 3.63) is 47.7 Å². The molecule has 2 fully saturated rings. The number of aryl methyl sites for hydroxylation is 1. The molecule has 3 atom stereocenters. The van der Waals surface area contributed by atoms with Gasteiger partial charge in [0.15, 0.2) is 11.6 Å². The van der Waals surface area contributed by atoms with Crippen molar-refractivity contribution < 1.29 is 27.6 Å². The third kappa shape index (κ3) is 4.90. The van der Waals surface area contributed by atoms with Crippen molar-refractivity contribution in [3.8, 4) is 0 Å². The fraction of sp³-hybridized carbons (Fsp3) is 0.480. The maximum atomic E-state index is 13.6. The Morgan fingerprint density at radius 1 is 1.17 bits per heavy atom. The molecule has 0 aromatic heterocycles.